The largest absolute Gasteiger partial charge is 0.504 e. The molecule has 50 heavy (non-hydrogen) atoms. The van der Waals surface area contributed by atoms with Gasteiger partial charge in [0, 0.05) is 22.7 Å². The van der Waals surface area contributed by atoms with Gasteiger partial charge in [0.2, 0.25) is 0 Å². The van der Waals surface area contributed by atoms with E-state index in [0.29, 0.717) is 35.9 Å². The van der Waals surface area contributed by atoms with E-state index in [4.69, 9.17) is 31.7 Å². The molecule has 4 heterocycles. The number of methoxy groups -OCH3 is 1. The van der Waals surface area contributed by atoms with Crippen molar-refractivity contribution in [3.63, 3.8) is 0 Å². The molecule has 15 heteroatoms. The van der Waals surface area contributed by atoms with Gasteiger partial charge in [-0.3, -0.25) is 23.7 Å². The minimum atomic E-state index is -4.67. The molecule has 2 fully saturated rings. The Bertz CT molecular complexity index is 2040. The Labute approximate surface area is 288 Å². The average Bonchev–Trinajstić information content (AvgIpc) is 3.60. The Morgan fingerprint density at radius 3 is 2.30 bits per heavy atom. The summed E-state index contributed by atoms with van der Waals surface area (Å²) in [7, 11) is 1.05. The molecule has 0 saturated carbocycles. The van der Waals surface area contributed by atoms with Crippen molar-refractivity contribution in [2.24, 2.45) is 0 Å². The number of Topliss-reactive ketones (excluding diaryl/α,β-unsaturated/α-hetero) is 1. The molecule has 4 aliphatic heterocycles. The Balaban J connectivity index is 0.000000128. The number of hydrogen-bond acceptors (Lipinski definition) is 12. The number of phenols is 2. The molecular formula is C35H38N2O12S. The standard InChI is InChI=1S/C18H19NO3.C17H17NO5.H2O4S/c1-19-8-7-18-11-4-6-14(21-2)17(18)22-16-13(20)5-3-10(15(16)18)9-12(11)19;1-18-7-6-16-11-8-2-3-9(19)13(11)23-15(16)10(20)4-5-17(16,22)14(18)12(8)21;1-5(2,3)4/h3-6,12,17,20H,7-9H2,1-2H3;2-5,10,14-15,19-20,22H,6-7H2,1H3;(H2,1,2,3,4)/t12-,17+,18+;10-,14+,15-,16-,17+;/m10./s1. The molecule has 14 nitrogen and oxygen atoms in total. The van der Waals surface area contributed by atoms with Crippen LogP contribution in [0.4, 0.5) is 0 Å². The number of hydrogen-bond donors (Lipinski definition) is 6. The monoisotopic (exact) mass is 710 g/mol. The molecule has 2 aromatic rings. The number of phenolic OH excluding ortho intramolecular Hbond substituents is 2. The highest BCUT2D eigenvalue weighted by atomic mass is 32.3. The molecule has 4 aliphatic carbocycles. The van der Waals surface area contributed by atoms with E-state index >= 15 is 0 Å². The molecule has 8 atom stereocenters. The van der Waals surface area contributed by atoms with Crippen LogP contribution < -0.4 is 9.47 Å². The second-order valence-corrected chi connectivity index (χ2v) is 15.1. The summed E-state index contributed by atoms with van der Waals surface area (Å²) in [5, 5.41) is 42.5. The van der Waals surface area contributed by atoms with Crippen LogP contribution in [0, 0.1) is 0 Å². The van der Waals surface area contributed by atoms with Crippen molar-refractivity contribution >= 4 is 16.2 Å². The van der Waals surface area contributed by atoms with Crippen LogP contribution in [-0.4, -0.2) is 124 Å². The fourth-order valence-corrected chi connectivity index (χ4v) is 10.1. The highest BCUT2D eigenvalue weighted by molar-refractivity contribution is 7.79. The molecule has 10 rings (SSSR count). The molecule has 4 bridgehead atoms. The number of carbonyl (C=O) groups is 1. The molecule has 8 aliphatic rings. The lowest BCUT2D eigenvalue weighted by Crippen LogP contribution is -2.76. The normalized spacial score (nSPS) is 36.2. The Morgan fingerprint density at radius 2 is 1.60 bits per heavy atom. The van der Waals surface area contributed by atoms with E-state index in [-0.39, 0.29) is 34.6 Å². The lowest BCUT2D eigenvalue weighted by Gasteiger charge is -2.60. The lowest BCUT2D eigenvalue weighted by molar-refractivity contribution is -0.138. The number of aliphatic hydroxyl groups excluding tert-OH is 1. The maximum Gasteiger partial charge on any atom is 0.394 e. The van der Waals surface area contributed by atoms with Gasteiger partial charge in [0.15, 0.2) is 34.9 Å². The van der Waals surface area contributed by atoms with Gasteiger partial charge in [-0.05, 0) is 81.9 Å². The fraction of sp³-hybridized carbons (Fsp3) is 0.457. The van der Waals surface area contributed by atoms with Gasteiger partial charge < -0.3 is 34.6 Å². The summed E-state index contributed by atoms with van der Waals surface area (Å²) < 4.78 is 49.3. The highest BCUT2D eigenvalue weighted by Crippen LogP contribution is 2.64. The first-order chi connectivity index (χ1) is 23.6. The number of benzene rings is 2. The van der Waals surface area contributed by atoms with E-state index < -0.39 is 39.7 Å². The molecule has 0 radical (unpaired) electrons. The zero-order valence-corrected chi connectivity index (χ0v) is 28.3. The molecule has 2 spiro atoms. The number of nitrogens with zero attached hydrogens (tertiary/aromatic N) is 2. The number of ketones is 1. The van der Waals surface area contributed by atoms with Crippen molar-refractivity contribution in [2.75, 3.05) is 34.3 Å². The number of aromatic hydroxyl groups is 2. The average molecular weight is 711 g/mol. The first-order valence-corrected chi connectivity index (χ1v) is 17.7. The van der Waals surface area contributed by atoms with E-state index in [1.807, 2.05) is 18.0 Å². The van der Waals surface area contributed by atoms with Crippen LogP contribution in [0.1, 0.15) is 39.9 Å². The fourth-order valence-electron chi connectivity index (χ4n) is 10.1. The van der Waals surface area contributed by atoms with E-state index in [1.54, 1.807) is 25.3 Å². The molecule has 0 amide bonds. The summed E-state index contributed by atoms with van der Waals surface area (Å²) in [6.45, 7) is 1.64. The molecule has 266 valence electrons. The molecule has 0 aromatic heterocycles. The predicted molar refractivity (Wildman–Crippen MR) is 176 cm³/mol. The third-order valence-corrected chi connectivity index (χ3v) is 12.1. The van der Waals surface area contributed by atoms with Crippen molar-refractivity contribution in [2.45, 2.75) is 66.1 Å². The first-order valence-electron chi connectivity index (χ1n) is 16.3. The Kier molecular flexibility index (Phi) is 7.15. The van der Waals surface area contributed by atoms with Crippen LogP contribution in [0.15, 0.2) is 59.9 Å². The number of aliphatic hydroxyl groups is 2. The van der Waals surface area contributed by atoms with Crippen LogP contribution in [0.3, 0.4) is 0 Å². The summed E-state index contributed by atoms with van der Waals surface area (Å²) in [4.78, 5) is 17.3. The highest BCUT2D eigenvalue weighted by Gasteiger charge is 2.73. The summed E-state index contributed by atoms with van der Waals surface area (Å²) in [5.74, 6) is 1.76. The summed E-state index contributed by atoms with van der Waals surface area (Å²) >= 11 is 0. The van der Waals surface area contributed by atoms with Gasteiger partial charge >= 0.3 is 10.4 Å². The first kappa shape index (κ1) is 33.2. The Hall–Kier alpha value is -3.96. The van der Waals surface area contributed by atoms with Gasteiger partial charge in [0.1, 0.15) is 29.6 Å². The zero-order chi connectivity index (χ0) is 35.7. The van der Waals surface area contributed by atoms with Gasteiger partial charge in [-0.2, -0.15) is 8.42 Å². The SMILES string of the molecule is CN1CC[C@]23c4c5ccc(O)c4O[C@H]2[C@@H](O)C=C[C@@]3(O)[C@H]1C5=O.COC1=CC=C2[C@H]3Cc4ccc(O)c5c4[C@@]2(CCN3C)[C@H]1O5.O=S(=O)(O)O. The van der Waals surface area contributed by atoms with Crippen LogP contribution in [0.5, 0.6) is 23.0 Å². The smallest absolute Gasteiger partial charge is 0.394 e. The zero-order valence-electron chi connectivity index (χ0n) is 27.5. The Morgan fingerprint density at radius 1 is 0.940 bits per heavy atom. The predicted octanol–water partition coefficient (Wildman–Crippen LogP) is 1.42. The van der Waals surface area contributed by atoms with Gasteiger partial charge in [0.05, 0.1) is 17.9 Å². The van der Waals surface area contributed by atoms with Crippen molar-refractivity contribution in [1.29, 1.82) is 0 Å². The summed E-state index contributed by atoms with van der Waals surface area (Å²) in [6.07, 6.45) is 8.10. The number of likely N-dealkylation sites (N-methyl/N-ethyl adjacent to an activating group) is 2. The van der Waals surface area contributed by atoms with Gasteiger partial charge in [-0.25, -0.2) is 0 Å². The summed E-state index contributed by atoms with van der Waals surface area (Å²) in [6, 6.07) is 6.57. The maximum absolute atomic E-state index is 13.0. The minimum Gasteiger partial charge on any atom is -0.504 e. The molecule has 2 aromatic carbocycles. The number of ether oxygens (including phenoxy) is 3. The van der Waals surface area contributed by atoms with E-state index in [2.05, 4.69) is 24.1 Å². The van der Waals surface area contributed by atoms with Crippen LogP contribution in [0.25, 0.3) is 0 Å². The molecular weight excluding hydrogens is 672 g/mol. The maximum atomic E-state index is 13.0. The number of piperidine rings is 2. The third kappa shape index (κ3) is 4.16. The molecule has 2 saturated heterocycles. The number of likely N-dealkylation sites (tertiary alicyclic amines) is 2. The van der Waals surface area contributed by atoms with Gasteiger partial charge in [-0.15, -0.1) is 0 Å². The van der Waals surface area contributed by atoms with Crippen LogP contribution >= 0.6 is 0 Å². The van der Waals surface area contributed by atoms with Crippen molar-refractivity contribution in [3.8, 4) is 23.0 Å². The van der Waals surface area contributed by atoms with E-state index in [1.165, 1.54) is 28.8 Å². The van der Waals surface area contributed by atoms with Gasteiger partial charge in [-0.1, -0.05) is 24.3 Å². The minimum absolute atomic E-state index is 0.0627. The van der Waals surface area contributed by atoms with Crippen LogP contribution in [-0.2, 0) is 32.4 Å². The van der Waals surface area contributed by atoms with E-state index in [9.17, 15) is 25.2 Å². The quantitative estimate of drug-likeness (QED) is 0.183. The second-order valence-electron chi connectivity index (χ2n) is 14.2. The number of carbonyl (C=O) groups excluding carboxylic acids is 1. The second kappa shape index (κ2) is 10.8. The van der Waals surface area contributed by atoms with E-state index in [0.717, 1.165) is 25.1 Å². The topological polar surface area (TPSA) is 207 Å². The number of allylic oxidation sites excluding steroid dienone is 2. The van der Waals surface area contributed by atoms with Crippen molar-refractivity contribution in [1.82, 2.24) is 9.80 Å². The van der Waals surface area contributed by atoms with Gasteiger partial charge in [0.25, 0.3) is 0 Å². The van der Waals surface area contributed by atoms with Crippen molar-refractivity contribution < 1.29 is 57.0 Å². The van der Waals surface area contributed by atoms with Crippen molar-refractivity contribution in [3.05, 3.63) is 82.2 Å². The summed E-state index contributed by atoms with van der Waals surface area (Å²) in [5.41, 5.74) is 2.45. The lowest BCUT2D eigenvalue weighted by atomic mass is 9.50. The molecule has 0 unspecified atom stereocenters. The number of rotatable bonds is 1. The molecule has 6 N–H and O–H groups in total. The third-order valence-electron chi connectivity index (χ3n) is 12.1. The van der Waals surface area contributed by atoms with Crippen LogP contribution in [0.2, 0.25) is 0 Å².